The van der Waals surface area contributed by atoms with Gasteiger partial charge in [0.1, 0.15) is 0 Å². The third kappa shape index (κ3) is 4.17. The molecule has 2 heterocycles. The zero-order chi connectivity index (χ0) is 21.4. The Kier molecular flexibility index (Phi) is 6.16. The Balaban J connectivity index is 0.00000272. The van der Waals surface area contributed by atoms with Crippen molar-refractivity contribution in [2.24, 2.45) is 0 Å². The van der Waals surface area contributed by atoms with E-state index in [1.807, 2.05) is 13.0 Å². The summed E-state index contributed by atoms with van der Waals surface area (Å²) in [5.74, 6) is -3.18. The molecule has 1 N–H and O–H groups in total. The standard InChI is InChI=1S/C21H15F3N4O2.ClH/c1-11-4-3-5-13(8-11)20-27-19(28-10-16(24)18(25-2)26-21(28)29)17(30-20)12-6-7-14(22)15(23)9-12;/h3-10H,1-2H3,(H,25,26,29);1H. The van der Waals surface area contributed by atoms with E-state index in [0.717, 1.165) is 28.5 Å². The number of nitrogens with zero attached hydrogens (tertiary/aromatic N) is 3. The van der Waals surface area contributed by atoms with Crippen molar-refractivity contribution in [1.82, 2.24) is 14.5 Å². The van der Waals surface area contributed by atoms with Crippen LogP contribution in [0.3, 0.4) is 0 Å². The van der Waals surface area contributed by atoms with E-state index in [2.05, 4.69) is 15.3 Å². The summed E-state index contributed by atoms with van der Waals surface area (Å²) >= 11 is 0. The minimum atomic E-state index is -1.10. The number of hydrogen-bond donors (Lipinski definition) is 1. The molecule has 0 saturated carbocycles. The molecule has 0 aliphatic heterocycles. The van der Waals surface area contributed by atoms with Crippen molar-refractivity contribution in [3.05, 3.63) is 82.2 Å². The molecule has 0 aliphatic carbocycles. The molecule has 10 heteroatoms. The SMILES string of the molecule is CNc1nc(=O)n(-c2nc(-c3cccc(C)c3)oc2-c2ccc(F)c(F)c2)cc1F.Cl. The lowest BCUT2D eigenvalue weighted by molar-refractivity contribution is 0.508. The van der Waals surface area contributed by atoms with Gasteiger partial charge in [-0.2, -0.15) is 9.97 Å². The van der Waals surface area contributed by atoms with Crippen molar-refractivity contribution >= 4 is 18.2 Å². The van der Waals surface area contributed by atoms with Crippen molar-refractivity contribution in [1.29, 1.82) is 0 Å². The topological polar surface area (TPSA) is 73.0 Å². The zero-order valence-corrected chi connectivity index (χ0v) is 17.1. The Morgan fingerprint density at radius 3 is 2.42 bits per heavy atom. The lowest BCUT2D eigenvalue weighted by Crippen LogP contribution is -2.23. The van der Waals surface area contributed by atoms with Crippen LogP contribution in [0.1, 0.15) is 5.56 Å². The molecule has 6 nitrogen and oxygen atoms in total. The molecule has 2 aromatic carbocycles. The van der Waals surface area contributed by atoms with Crippen LogP contribution < -0.4 is 11.0 Å². The number of rotatable bonds is 4. The second-order valence-electron chi connectivity index (χ2n) is 6.51. The summed E-state index contributed by atoms with van der Waals surface area (Å²) < 4.78 is 48.2. The lowest BCUT2D eigenvalue weighted by Gasteiger charge is -2.06. The van der Waals surface area contributed by atoms with E-state index in [-0.39, 0.29) is 41.3 Å². The molecule has 0 aliphatic rings. The fourth-order valence-corrected chi connectivity index (χ4v) is 2.96. The highest BCUT2D eigenvalue weighted by Crippen LogP contribution is 2.32. The highest BCUT2D eigenvalue weighted by Gasteiger charge is 2.22. The van der Waals surface area contributed by atoms with Crippen molar-refractivity contribution in [2.75, 3.05) is 12.4 Å². The van der Waals surface area contributed by atoms with E-state index < -0.39 is 23.1 Å². The van der Waals surface area contributed by atoms with Crippen LogP contribution in [0.2, 0.25) is 0 Å². The van der Waals surface area contributed by atoms with Crippen molar-refractivity contribution in [3.63, 3.8) is 0 Å². The van der Waals surface area contributed by atoms with Crippen LogP contribution in [-0.4, -0.2) is 21.6 Å². The first-order chi connectivity index (χ1) is 14.4. The van der Waals surface area contributed by atoms with E-state index in [1.54, 1.807) is 18.2 Å². The van der Waals surface area contributed by atoms with E-state index >= 15 is 0 Å². The van der Waals surface area contributed by atoms with Crippen LogP contribution in [0.15, 0.2) is 57.9 Å². The molecule has 4 aromatic rings. The largest absolute Gasteiger partial charge is 0.434 e. The van der Waals surface area contributed by atoms with E-state index in [9.17, 15) is 18.0 Å². The number of anilines is 1. The average Bonchev–Trinajstić information content (AvgIpc) is 3.16. The first kappa shape index (κ1) is 22.1. The summed E-state index contributed by atoms with van der Waals surface area (Å²) in [5, 5.41) is 2.48. The Labute approximate surface area is 180 Å². The number of oxazole rings is 1. The molecule has 0 unspecified atom stereocenters. The fraction of sp³-hybridized carbons (Fsp3) is 0.0952. The molecule has 160 valence electrons. The fourth-order valence-electron chi connectivity index (χ4n) is 2.96. The van der Waals surface area contributed by atoms with Gasteiger partial charge in [0.15, 0.2) is 34.8 Å². The zero-order valence-electron chi connectivity index (χ0n) is 16.3. The van der Waals surface area contributed by atoms with E-state index in [0.29, 0.717) is 5.56 Å². The van der Waals surface area contributed by atoms with Gasteiger partial charge in [-0.15, -0.1) is 12.4 Å². The molecule has 31 heavy (non-hydrogen) atoms. The van der Waals surface area contributed by atoms with Gasteiger partial charge in [-0.05, 0) is 37.3 Å². The van der Waals surface area contributed by atoms with Crippen LogP contribution in [0, 0.1) is 24.4 Å². The highest BCUT2D eigenvalue weighted by molar-refractivity contribution is 5.85. The summed E-state index contributed by atoms with van der Waals surface area (Å²) in [6.45, 7) is 1.88. The summed E-state index contributed by atoms with van der Waals surface area (Å²) in [4.78, 5) is 20.5. The molecule has 0 amide bonds. The van der Waals surface area contributed by atoms with E-state index in [1.165, 1.54) is 13.1 Å². The Morgan fingerprint density at radius 1 is 0.968 bits per heavy atom. The predicted octanol–water partition coefficient (Wildman–Crippen LogP) is 4.74. The summed E-state index contributed by atoms with van der Waals surface area (Å²) in [5.41, 5.74) is 0.831. The van der Waals surface area contributed by atoms with Crippen LogP contribution in [0.25, 0.3) is 28.6 Å². The monoisotopic (exact) mass is 448 g/mol. The van der Waals surface area contributed by atoms with Gasteiger partial charge in [0.2, 0.25) is 5.89 Å². The summed E-state index contributed by atoms with van der Waals surface area (Å²) in [6, 6.07) is 10.3. The van der Waals surface area contributed by atoms with Crippen LogP contribution in [0.4, 0.5) is 19.0 Å². The molecule has 2 aromatic heterocycles. The maximum atomic E-state index is 14.3. The molecular formula is C21H16ClF3N4O2. The molecule has 4 rings (SSSR count). The molecule has 0 bridgehead atoms. The van der Waals surface area contributed by atoms with Crippen molar-refractivity contribution in [2.45, 2.75) is 6.92 Å². The molecule has 0 spiro atoms. The van der Waals surface area contributed by atoms with Gasteiger partial charge < -0.3 is 9.73 Å². The number of halogens is 4. The number of benzene rings is 2. The van der Waals surface area contributed by atoms with Gasteiger partial charge in [-0.25, -0.2) is 22.5 Å². The molecule has 0 radical (unpaired) electrons. The Morgan fingerprint density at radius 2 is 1.74 bits per heavy atom. The minimum absolute atomic E-state index is 0. The smallest absolute Gasteiger partial charge is 0.355 e. The Hall–Kier alpha value is -3.59. The third-order valence-corrected chi connectivity index (χ3v) is 4.40. The van der Waals surface area contributed by atoms with Gasteiger partial charge in [0.25, 0.3) is 0 Å². The summed E-state index contributed by atoms with van der Waals surface area (Å²) in [6.07, 6.45) is 0.905. The maximum Gasteiger partial charge on any atom is 0.355 e. The number of aromatic nitrogens is 3. The maximum absolute atomic E-state index is 14.3. The quantitative estimate of drug-likeness (QED) is 0.488. The molecule has 0 saturated heterocycles. The summed E-state index contributed by atoms with van der Waals surface area (Å²) in [7, 11) is 1.42. The van der Waals surface area contributed by atoms with Gasteiger partial charge in [0, 0.05) is 18.2 Å². The molecular weight excluding hydrogens is 433 g/mol. The molecule has 0 atom stereocenters. The third-order valence-electron chi connectivity index (χ3n) is 4.40. The second-order valence-corrected chi connectivity index (χ2v) is 6.51. The first-order valence-electron chi connectivity index (χ1n) is 8.88. The van der Waals surface area contributed by atoms with Crippen LogP contribution >= 0.6 is 12.4 Å². The lowest BCUT2D eigenvalue weighted by atomic mass is 10.1. The van der Waals surface area contributed by atoms with Gasteiger partial charge in [0.05, 0.1) is 6.20 Å². The first-order valence-corrected chi connectivity index (χ1v) is 8.88. The Bertz CT molecular complexity index is 1320. The normalized spacial score (nSPS) is 10.6. The second kappa shape index (κ2) is 8.65. The van der Waals surface area contributed by atoms with Gasteiger partial charge in [-0.1, -0.05) is 17.7 Å². The number of hydrogen-bond acceptors (Lipinski definition) is 5. The van der Waals surface area contributed by atoms with E-state index in [4.69, 9.17) is 4.42 Å². The highest BCUT2D eigenvalue weighted by atomic mass is 35.5. The van der Waals surface area contributed by atoms with Crippen LogP contribution in [-0.2, 0) is 0 Å². The number of nitrogens with one attached hydrogen (secondary N) is 1. The van der Waals surface area contributed by atoms with Gasteiger partial charge >= 0.3 is 5.69 Å². The average molecular weight is 449 g/mol. The van der Waals surface area contributed by atoms with Crippen LogP contribution in [0.5, 0.6) is 0 Å². The van der Waals surface area contributed by atoms with Crippen molar-refractivity contribution < 1.29 is 17.6 Å². The molecule has 0 fully saturated rings. The van der Waals surface area contributed by atoms with Crippen molar-refractivity contribution in [3.8, 4) is 28.6 Å². The number of aryl methyl sites for hydroxylation is 1. The minimum Gasteiger partial charge on any atom is -0.434 e. The predicted molar refractivity (Wildman–Crippen MR) is 112 cm³/mol. The van der Waals surface area contributed by atoms with Gasteiger partial charge in [-0.3, -0.25) is 0 Å².